The summed E-state index contributed by atoms with van der Waals surface area (Å²) >= 11 is 0.980. The Morgan fingerprint density at radius 2 is 1.79 bits per heavy atom. The zero-order chi connectivity index (χ0) is 24.2. The molecule has 0 spiro atoms. The van der Waals surface area contributed by atoms with Gasteiger partial charge in [-0.2, -0.15) is 0 Å². The van der Waals surface area contributed by atoms with Crippen molar-refractivity contribution in [3.63, 3.8) is 0 Å². The first kappa shape index (κ1) is 23.6. The number of thioether (sulfide) groups is 1. The molecule has 6 nitrogen and oxygen atoms in total. The Morgan fingerprint density at radius 1 is 1.03 bits per heavy atom. The van der Waals surface area contributed by atoms with Gasteiger partial charge < -0.3 is 9.30 Å². The molecule has 0 saturated carbocycles. The molecule has 0 radical (unpaired) electrons. The van der Waals surface area contributed by atoms with Crippen LogP contribution in [-0.2, 0) is 16.0 Å². The summed E-state index contributed by atoms with van der Waals surface area (Å²) in [5, 5.41) is -0.233. The van der Waals surface area contributed by atoms with Crippen molar-refractivity contribution in [1.29, 1.82) is 0 Å². The van der Waals surface area contributed by atoms with E-state index in [2.05, 4.69) is 0 Å². The Kier molecular flexibility index (Phi) is 7.03. The highest BCUT2D eigenvalue weighted by Crippen LogP contribution is 2.34. The van der Waals surface area contributed by atoms with E-state index in [-0.39, 0.29) is 11.1 Å². The SMILES string of the molecule is COC(=O)c1cccc(-n2c(C)cc(/C=C3/SC(=O)N(CCCc4ccccc4)C3=O)c2C)c1. The van der Waals surface area contributed by atoms with Crippen LogP contribution in [0.15, 0.2) is 65.6 Å². The van der Waals surface area contributed by atoms with Crippen LogP contribution in [-0.4, -0.2) is 40.2 Å². The van der Waals surface area contributed by atoms with E-state index in [4.69, 9.17) is 4.74 Å². The van der Waals surface area contributed by atoms with E-state index in [9.17, 15) is 14.4 Å². The number of carbonyl (C=O) groups excluding carboxylic acids is 3. The average Bonchev–Trinajstić information content (AvgIpc) is 3.28. The molecule has 1 aromatic heterocycles. The lowest BCUT2D eigenvalue weighted by Gasteiger charge is -2.12. The van der Waals surface area contributed by atoms with Crippen LogP contribution in [0.25, 0.3) is 11.8 Å². The molecule has 4 rings (SSSR count). The molecule has 2 heterocycles. The molecule has 1 fully saturated rings. The summed E-state index contributed by atoms with van der Waals surface area (Å²) in [7, 11) is 1.36. The van der Waals surface area contributed by atoms with Crippen molar-refractivity contribution in [1.82, 2.24) is 9.47 Å². The second-order valence-corrected chi connectivity index (χ2v) is 9.12. The molecule has 1 saturated heterocycles. The molecule has 0 atom stereocenters. The molecule has 0 N–H and O–H groups in total. The number of methoxy groups -OCH3 is 1. The number of imide groups is 1. The number of ether oxygens (including phenoxy) is 1. The molecule has 0 unspecified atom stereocenters. The molecule has 2 aromatic carbocycles. The molecule has 1 aliphatic heterocycles. The smallest absolute Gasteiger partial charge is 0.337 e. The van der Waals surface area contributed by atoms with E-state index in [1.54, 1.807) is 24.3 Å². The second-order valence-electron chi connectivity index (χ2n) is 8.13. The van der Waals surface area contributed by atoms with Crippen LogP contribution in [0.2, 0.25) is 0 Å². The first-order chi connectivity index (χ1) is 16.4. The fraction of sp³-hybridized carbons (Fsp3) is 0.222. The summed E-state index contributed by atoms with van der Waals surface area (Å²) in [6.07, 6.45) is 3.32. The van der Waals surface area contributed by atoms with Crippen molar-refractivity contribution >= 4 is 35.0 Å². The Bertz CT molecular complexity index is 1280. The van der Waals surface area contributed by atoms with Crippen molar-refractivity contribution in [3.8, 4) is 5.69 Å². The maximum absolute atomic E-state index is 12.9. The highest BCUT2D eigenvalue weighted by molar-refractivity contribution is 8.18. The summed E-state index contributed by atoms with van der Waals surface area (Å²) in [4.78, 5) is 39.2. The van der Waals surface area contributed by atoms with Crippen LogP contribution in [0.3, 0.4) is 0 Å². The van der Waals surface area contributed by atoms with Gasteiger partial charge in [0.05, 0.1) is 17.6 Å². The van der Waals surface area contributed by atoms with E-state index in [1.165, 1.54) is 17.6 Å². The molecule has 2 amide bonds. The summed E-state index contributed by atoms with van der Waals surface area (Å²) in [5.41, 5.74) is 5.20. The average molecular weight is 475 g/mol. The third-order valence-corrected chi connectivity index (χ3v) is 6.75. The van der Waals surface area contributed by atoms with E-state index in [1.807, 2.05) is 60.9 Å². The molecule has 0 aliphatic carbocycles. The zero-order valence-corrected chi connectivity index (χ0v) is 20.2. The molecule has 7 heteroatoms. The topological polar surface area (TPSA) is 68.6 Å². The Balaban J connectivity index is 1.53. The monoisotopic (exact) mass is 474 g/mol. The highest BCUT2D eigenvalue weighted by atomic mass is 32.2. The lowest BCUT2D eigenvalue weighted by Crippen LogP contribution is -2.29. The molecule has 0 bridgehead atoms. The van der Waals surface area contributed by atoms with Crippen LogP contribution in [0.4, 0.5) is 4.79 Å². The van der Waals surface area contributed by atoms with Gasteiger partial charge in [0, 0.05) is 23.6 Å². The van der Waals surface area contributed by atoms with Crippen LogP contribution < -0.4 is 0 Å². The van der Waals surface area contributed by atoms with Gasteiger partial charge in [0.2, 0.25) is 0 Å². The largest absolute Gasteiger partial charge is 0.465 e. The lowest BCUT2D eigenvalue weighted by atomic mass is 10.1. The van der Waals surface area contributed by atoms with Crippen molar-refractivity contribution in [2.75, 3.05) is 13.7 Å². The normalized spacial score (nSPS) is 14.8. The summed E-state index contributed by atoms with van der Waals surface area (Å²) in [6.45, 7) is 4.31. The summed E-state index contributed by atoms with van der Waals surface area (Å²) in [6, 6.07) is 19.2. The summed E-state index contributed by atoms with van der Waals surface area (Å²) in [5.74, 6) is -0.647. The molecule has 3 aromatic rings. The number of hydrogen-bond donors (Lipinski definition) is 0. The van der Waals surface area contributed by atoms with Crippen molar-refractivity contribution < 1.29 is 19.1 Å². The Morgan fingerprint density at radius 3 is 2.53 bits per heavy atom. The minimum absolute atomic E-state index is 0.233. The van der Waals surface area contributed by atoms with Gasteiger partial charge >= 0.3 is 5.97 Å². The molecule has 34 heavy (non-hydrogen) atoms. The number of aryl methyl sites for hydroxylation is 2. The number of carbonyl (C=O) groups is 3. The summed E-state index contributed by atoms with van der Waals surface area (Å²) < 4.78 is 6.85. The molecular formula is C27H26N2O4S. The maximum Gasteiger partial charge on any atom is 0.337 e. The lowest BCUT2D eigenvalue weighted by molar-refractivity contribution is -0.122. The van der Waals surface area contributed by atoms with Gasteiger partial charge in [-0.3, -0.25) is 14.5 Å². The third-order valence-electron chi connectivity index (χ3n) is 5.85. The van der Waals surface area contributed by atoms with E-state index in [0.717, 1.165) is 47.2 Å². The fourth-order valence-corrected chi connectivity index (χ4v) is 5.00. The molecular weight excluding hydrogens is 448 g/mol. The number of nitrogens with zero attached hydrogens (tertiary/aromatic N) is 2. The quantitative estimate of drug-likeness (QED) is 0.332. The van der Waals surface area contributed by atoms with Gasteiger partial charge in [-0.1, -0.05) is 36.4 Å². The van der Waals surface area contributed by atoms with E-state index >= 15 is 0 Å². The number of esters is 1. The van der Waals surface area contributed by atoms with Crippen molar-refractivity contribution in [3.05, 3.63) is 93.6 Å². The van der Waals surface area contributed by atoms with Gasteiger partial charge in [-0.15, -0.1) is 0 Å². The van der Waals surface area contributed by atoms with Crippen molar-refractivity contribution in [2.45, 2.75) is 26.7 Å². The number of aromatic nitrogens is 1. The number of amides is 2. The third kappa shape index (κ3) is 4.84. The van der Waals surface area contributed by atoms with Crippen LogP contribution >= 0.6 is 11.8 Å². The fourth-order valence-electron chi connectivity index (χ4n) is 4.14. The first-order valence-corrected chi connectivity index (χ1v) is 11.9. The number of hydrogen-bond acceptors (Lipinski definition) is 5. The van der Waals surface area contributed by atoms with E-state index < -0.39 is 5.97 Å². The highest BCUT2D eigenvalue weighted by Gasteiger charge is 2.34. The van der Waals surface area contributed by atoms with Crippen molar-refractivity contribution in [2.24, 2.45) is 0 Å². The zero-order valence-electron chi connectivity index (χ0n) is 19.4. The minimum atomic E-state index is -0.398. The molecule has 1 aliphatic rings. The van der Waals surface area contributed by atoms with Gasteiger partial charge in [0.15, 0.2) is 0 Å². The van der Waals surface area contributed by atoms with Gasteiger partial charge in [0.1, 0.15) is 0 Å². The van der Waals surface area contributed by atoms with Crippen LogP contribution in [0.5, 0.6) is 0 Å². The van der Waals surface area contributed by atoms with Gasteiger partial charge in [0.25, 0.3) is 11.1 Å². The first-order valence-electron chi connectivity index (χ1n) is 11.1. The van der Waals surface area contributed by atoms with E-state index in [0.29, 0.717) is 17.0 Å². The maximum atomic E-state index is 12.9. The molecule has 174 valence electrons. The standard InChI is InChI=1S/C27H26N2O4S/c1-18-15-22(19(2)29(18)23-13-7-12-21(16-23)26(31)33-3)17-24-25(30)28(27(32)34-24)14-8-11-20-9-5-4-6-10-20/h4-7,9-10,12-13,15-17H,8,11,14H2,1-3H3/b24-17+. The predicted molar refractivity (Wildman–Crippen MR) is 134 cm³/mol. The Hall–Kier alpha value is -3.58. The Labute approximate surface area is 203 Å². The number of benzene rings is 2. The second kappa shape index (κ2) is 10.1. The number of rotatable bonds is 7. The van der Waals surface area contributed by atoms with Crippen LogP contribution in [0, 0.1) is 13.8 Å². The van der Waals surface area contributed by atoms with Crippen LogP contribution in [0.1, 0.15) is 39.3 Å². The minimum Gasteiger partial charge on any atom is -0.465 e. The van der Waals surface area contributed by atoms with Gasteiger partial charge in [-0.25, -0.2) is 4.79 Å². The van der Waals surface area contributed by atoms with Gasteiger partial charge in [-0.05, 0) is 79.9 Å². The predicted octanol–water partition coefficient (Wildman–Crippen LogP) is 5.55.